The van der Waals surface area contributed by atoms with Crippen molar-refractivity contribution in [3.05, 3.63) is 127 Å². The molecule has 0 saturated heterocycles. The number of pyridine rings is 1. The lowest BCUT2D eigenvalue weighted by Gasteiger charge is -2.40. The maximum atomic E-state index is 6.47. The fourth-order valence-electron chi connectivity index (χ4n) is 6.48. The molecule has 4 aromatic rings. The van der Waals surface area contributed by atoms with E-state index in [2.05, 4.69) is 80.1 Å². The summed E-state index contributed by atoms with van der Waals surface area (Å²) in [5.74, 6) is 1.83. The van der Waals surface area contributed by atoms with Crippen LogP contribution in [-0.2, 0) is 16.5 Å². The Morgan fingerprint density at radius 1 is 1.03 bits per heavy atom. The minimum atomic E-state index is -1.46. The Labute approximate surface area is 226 Å². The molecule has 4 bridgehead atoms. The average Bonchev–Trinajstić information content (AvgIpc) is 3.18. The first-order chi connectivity index (χ1) is 18.6. The zero-order valence-corrected chi connectivity index (χ0v) is 23.0. The number of aromatic nitrogens is 1. The van der Waals surface area contributed by atoms with Crippen LogP contribution in [0.1, 0.15) is 43.7 Å². The van der Waals surface area contributed by atoms with Gasteiger partial charge >= 0.3 is 8.38 Å². The van der Waals surface area contributed by atoms with Gasteiger partial charge in [0.05, 0.1) is 10.9 Å². The summed E-state index contributed by atoms with van der Waals surface area (Å²) in [5.41, 5.74) is 6.73. The van der Waals surface area contributed by atoms with Gasteiger partial charge in [0.2, 0.25) is 11.2 Å². The second kappa shape index (κ2) is 9.89. The van der Waals surface area contributed by atoms with Crippen molar-refractivity contribution in [3.8, 4) is 17.0 Å². The third-order valence-electron chi connectivity index (χ3n) is 8.12. The normalized spacial score (nSPS) is 20.1. The van der Waals surface area contributed by atoms with E-state index in [4.69, 9.17) is 9.05 Å². The van der Waals surface area contributed by atoms with E-state index >= 15 is 0 Å². The van der Waals surface area contributed by atoms with Gasteiger partial charge in [-0.1, -0.05) is 63.4 Å². The highest BCUT2D eigenvalue weighted by Crippen LogP contribution is 2.50. The molecule has 0 fully saturated rings. The van der Waals surface area contributed by atoms with Crippen LogP contribution in [0.4, 0.5) is 0 Å². The molecule has 4 heteroatoms. The Bertz CT molecular complexity index is 1570. The van der Waals surface area contributed by atoms with Crippen LogP contribution in [0.5, 0.6) is 5.75 Å². The number of rotatable bonds is 9. The van der Waals surface area contributed by atoms with E-state index in [1.807, 2.05) is 36.4 Å². The van der Waals surface area contributed by atoms with Gasteiger partial charge in [-0.2, -0.15) is 4.57 Å². The Balaban J connectivity index is 1.53. The predicted octanol–water partition coefficient (Wildman–Crippen LogP) is 8.25. The second-order valence-corrected chi connectivity index (χ2v) is 11.5. The van der Waals surface area contributed by atoms with Crippen molar-refractivity contribution in [3.63, 3.8) is 0 Å². The molecule has 0 amide bonds. The SMILES string of the molecule is C=CC=C(C=C)OP(Oc1ccccc1)c1ccc2c(c1)-c1ccc3cc4ccc3[n+]1C(CC)(C4)C2CC. The lowest BCUT2D eigenvalue weighted by Crippen LogP contribution is -2.63. The summed E-state index contributed by atoms with van der Waals surface area (Å²) in [7, 11) is -1.46. The lowest BCUT2D eigenvalue weighted by molar-refractivity contribution is -0.739. The molecule has 4 heterocycles. The molecule has 38 heavy (non-hydrogen) atoms. The van der Waals surface area contributed by atoms with Crippen LogP contribution in [0.3, 0.4) is 0 Å². The smallest absolute Gasteiger partial charge is 0.326 e. The molecule has 3 nitrogen and oxygen atoms in total. The largest absolute Gasteiger partial charge is 0.435 e. The van der Waals surface area contributed by atoms with Crippen molar-refractivity contribution in [2.24, 2.45) is 0 Å². The van der Waals surface area contributed by atoms with Gasteiger partial charge in [0, 0.05) is 36.3 Å². The minimum Gasteiger partial charge on any atom is -0.435 e. The van der Waals surface area contributed by atoms with Gasteiger partial charge in [0.15, 0.2) is 5.54 Å². The van der Waals surface area contributed by atoms with Crippen LogP contribution >= 0.6 is 8.38 Å². The molecular weight excluding hydrogens is 485 g/mol. The zero-order valence-electron chi connectivity index (χ0n) is 22.1. The summed E-state index contributed by atoms with van der Waals surface area (Å²) >= 11 is 0. The van der Waals surface area contributed by atoms with Gasteiger partial charge in [0.1, 0.15) is 11.5 Å². The molecule has 3 aromatic carbocycles. The number of allylic oxidation sites excluding steroid dienone is 3. The van der Waals surface area contributed by atoms with Gasteiger partial charge in [-0.3, -0.25) is 0 Å². The maximum Gasteiger partial charge on any atom is 0.326 e. The Hall–Kier alpha value is -3.68. The molecule has 7 rings (SSSR count). The fourth-order valence-corrected chi connectivity index (χ4v) is 7.80. The minimum absolute atomic E-state index is 0.0280. The van der Waals surface area contributed by atoms with Crippen molar-refractivity contribution in [2.75, 3.05) is 0 Å². The fraction of sp³-hybridized carbons (Fsp3) is 0.206. The third-order valence-corrected chi connectivity index (χ3v) is 9.57. The van der Waals surface area contributed by atoms with Crippen LogP contribution in [0.15, 0.2) is 116 Å². The van der Waals surface area contributed by atoms with Crippen LogP contribution in [0.25, 0.3) is 22.2 Å². The molecule has 0 aliphatic carbocycles. The monoisotopic (exact) mass is 518 g/mol. The molecule has 3 atom stereocenters. The first kappa shape index (κ1) is 24.6. The summed E-state index contributed by atoms with van der Waals surface area (Å²) in [4.78, 5) is 0. The zero-order chi connectivity index (χ0) is 26.3. The van der Waals surface area contributed by atoms with E-state index in [-0.39, 0.29) is 5.54 Å². The van der Waals surface area contributed by atoms with Gasteiger partial charge in [-0.05, 0) is 66.1 Å². The summed E-state index contributed by atoms with van der Waals surface area (Å²) in [6.45, 7) is 12.4. The number of nitrogens with zero attached hydrogens (tertiary/aromatic N) is 1. The molecule has 0 radical (unpaired) electrons. The van der Waals surface area contributed by atoms with Gasteiger partial charge in [0.25, 0.3) is 0 Å². The van der Waals surface area contributed by atoms with Crippen molar-refractivity contribution in [1.82, 2.24) is 0 Å². The van der Waals surface area contributed by atoms with Crippen LogP contribution < -0.4 is 14.4 Å². The van der Waals surface area contributed by atoms with Crippen LogP contribution in [-0.4, -0.2) is 0 Å². The number of fused-ring (bicyclic) bond motifs is 3. The first-order valence-corrected chi connectivity index (χ1v) is 14.6. The Kier molecular flexibility index (Phi) is 6.41. The van der Waals surface area contributed by atoms with E-state index < -0.39 is 8.38 Å². The van der Waals surface area contributed by atoms with Crippen LogP contribution in [0.2, 0.25) is 0 Å². The van der Waals surface area contributed by atoms with E-state index in [0.717, 1.165) is 30.3 Å². The lowest BCUT2D eigenvalue weighted by atomic mass is 9.68. The number of hydrogen-bond donors (Lipinski definition) is 0. The van der Waals surface area contributed by atoms with Crippen LogP contribution in [0, 0.1) is 0 Å². The Morgan fingerprint density at radius 2 is 1.87 bits per heavy atom. The molecule has 0 saturated carbocycles. The first-order valence-electron chi connectivity index (χ1n) is 13.4. The molecule has 3 aliphatic heterocycles. The molecular formula is C34H33NO2P+. The van der Waals surface area contributed by atoms with E-state index in [0.29, 0.717) is 11.7 Å². The van der Waals surface area contributed by atoms with Crippen molar-refractivity contribution in [1.29, 1.82) is 0 Å². The number of para-hydroxylation sites is 1. The topological polar surface area (TPSA) is 22.3 Å². The maximum absolute atomic E-state index is 6.47. The molecule has 190 valence electrons. The predicted molar refractivity (Wildman–Crippen MR) is 158 cm³/mol. The number of benzene rings is 3. The van der Waals surface area contributed by atoms with Gasteiger partial charge in [-0.15, -0.1) is 0 Å². The van der Waals surface area contributed by atoms with Crippen molar-refractivity contribution >= 4 is 24.6 Å². The number of hydrogen-bond acceptors (Lipinski definition) is 2. The quantitative estimate of drug-likeness (QED) is 0.0963. The van der Waals surface area contributed by atoms with E-state index in [1.54, 1.807) is 12.2 Å². The van der Waals surface area contributed by atoms with Crippen molar-refractivity contribution in [2.45, 2.75) is 44.6 Å². The highest BCUT2D eigenvalue weighted by molar-refractivity contribution is 7.56. The molecule has 1 aromatic heterocycles. The summed E-state index contributed by atoms with van der Waals surface area (Å²) in [6, 6.07) is 28.3. The van der Waals surface area contributed by atoms with E-state index in [1.165, 1.54) is 33.3 Å². The van der Waals surface area contributed by atoms with Crippen molar-refractivity contribution < 1.29 is 13.6 Å². The van der Waals surface area contributed by atoms with Gasteiger partial charge in [-0.25, -0.2) is 0 Å². The highest BCUT2D eigenvalue weighted by atomic mass is 31.2. The molecule has 0 N–H and O–H groups in total. The average molecular weight is 519 g/mol. The highest BCUT2D eigenvalue weighted by Gasteiger charge is 2.53. The molecule has 3 aliphatic rings. The van der Waals surface area contributed by atoms with E-state index in [9.17, 15) is 0 Å². The summed E-state index contributed by atoms with van der Waals surface area (Å²) in [5, 5.41) is 2.34. The molecule has 0 spiro atoms. The third kappa shape index (κ3) is 3.89. The summed E-state index contributed by atoms with van der Waals surface area (Å²) < 4.78 is 15.5. The second-order valence-electron chi connectivity index (χ2n) is 10.1. The summed E-state index contributed by atoms with van der Waals surface area (Å²) in [6.07, 6.45) is 8.45. The standard InChI is InChI=1S/C34H33NO2P/c1-5-12-26(6-2)36-38(37-27-13-10-9-11-14-27)28-17-18-29-30(22-28)33-20-16-25-21-24-15-19-32(25)35(33)34(8-4,23-24)31(29)7-3/h5-6,9-22,31H,1-2,7-8,23H2,3-4H3/q+1. The van der Waals surface area contributed by atoms with Gasteiger partial charge < -0.3 is 9.05 Å². The molecule has 3 unspecified atom stereocenters. The Morgan fingerprint density at radius 3 is 2.61 bits per heavy atom.